The molecule has 21 heavy (non-hydrogen) atoms. The molecule has 0 aliphatic carbocycles. The minimum atomic E-state index is -0.932. The first-order valence-corrected chi connectivity index (χ1v) is 7.57. The van der Waals surface area contributed by atoms with Crippen LogP contribution < -0.4 is 5.56 Å². The molecule has 110 valence electrons. The van der Waals surface area contributed by atoms with Crippen molar-refractivity contribution in [3.8, 4) is 0 Å². The van der Waals surface area contributed by atoms with Gasteiger partial charge in [-0.3, -0.25) is 9.59 Å². The number of thioether (sulfide) groups is 1. The molecular weight excluding hydrogens is 288 g/mol. The van der Waals surface area contributed by atoms with E-state index in [0.717, 1.165) is 23.7 Å². The van der Waals surface area contributed by atoms with Crippen molar-refractivity contribution in [3.63, 3.8) is 0 Å². The van der Waals surface area contributed by atoms with Gasteiger partial charge in [0.15, 0.2) is 5.16 Å². The zero-order valence-electron chi connectivity index (χ0n) is 11.7. The number of aliphatic carboxylic acids is 1. The predicted octanol–water partition coefficient (Wildman–Crippen LogP) is 2.03. The molecule has 1 N–H and O–H groups in total. The van der Waals surface area contributed by atoms with E-state index in [4.69, 9.17) is 5.11 Å². The fourth-order valence-electron chi connectivity index (χ4n) is 2.02. The van der Waals surface area contributed by atoms with Crippen molar-refractivity contribution < 1.29 is 9.90 Å². The number of aryl methyl sites for hydroxylation is 1. The Hall–Kier alpha value is -2.08. The van der Waals surface area contributed by atoms with Gasteiger partial charge in [0, 0.05) is 18.8 Å². The van der Waals surface area contributed by atoms with Crippen molar-refractivity contribution in [1.82, 2.24) is 9.55 Å². The van der Waals surface area contributed by atoms with Crippen molar-refractivity contribution in [2.24, 2.45) is 0 Å². The molecule has 0 bridgehead atoms. The molecule has 0 saturated heterocycles. The molecule has 1 aromatic carbocycles. The van der Waals surface area contributed by atoms with E-state index < -0.39 is 5.97 Å². The number of carboxylic acids is 1. The lowest BCUT2D eigenvalue weighted by atomic mass is 10.1. The van der Waals surface area contributed by atoms with E-state index in [0.29, 0.717) is 11.7 Å². The molecule has 0 aliphatic rings. The zero-order chi connectivity index (χ0) is 15.2. The first kappa shape index (κ1) is 15.3. The molecule has 0 aliphatic heterocycles. The molecule has 2 rings (SSSR count). The average molecular weight is 304 g/mol. The molecule has 0 atom stereocenters. The SMILES string of the molecule is CCc1ccccc1Cn1ccc(=O)nc1SCC(=O)O. The van der Waals surface area contributed by atoms with Gasteiger partial charge in [-0.15, -0.1) is 0 Å². The van der Waals surface area contributed by atoms with Crippen molar-refractivity contribution >= 4 is 17.7 Å². The van der Waals surface area contributed by atoms with Crippen molar-refractivity contribution in [3.05, 3.63) is 58.0 Å². The van der Waals surface area contributed by atoms with Crippen LogP contribution in [-0.2, 0) is 17.8 Å². The molecule has 1 heterocycles. The summed E-state index contributed by atoms with van der Waals surface area (Å²) in [5.74, 6) is -1.05. The Bertz CT molecular complexity index is 697. The van der Waals surface area contributed by atoms with Crippen molar-refractivity contribution in [2.75, 3.05) is 5.75 Å². The van der Waals surface area contributed by atoms with E-state index in [9.17, 15) is 9.59 Å². The summed E-state index contributed by atoms with van der Waals surface area (Å²) in [6.07, 6.45) is 2.58. The number of rotatable bonds is 6. The average Bonchev–Trinajstić information content (AvgIpc) is 2.48. The Morgan fingerprint density at radius 3 is 2.67 bits per heavy atom. The van der Waals surface area contributed by atoms with Gasteiger partial charge in [0.25, 0.3) is 5.56 Å². The minimum Gasteiger partial charge on any atom is -0.481 e. The number of nitrogens with zero attached hydrogens (tertiary/aromatic N) is 2. The molecular formula is C15H16N2O3S. The van der Waals surface area contributed by atoms with Crippen molar-refractivity contribution in [1.29, 1.82) is 0 Å². The largest absolute Gasteiger partial charge is 0.481 e. The summed E-state index contributed by atoms with van der Waals surface area (Å²) in [5, 5.41) is 9.20. The highest BCUT2D eigenvalue weighted by atomic mass is 32.2. The molecule has 0 fully saturated rings. The molecule has 0 spiro atoms. The predicted molar refractivity (Wildman–Crippen MR) is 81.8 cm³/mol. The second-order valence-corrected chi connectivity index (χ2v) is 5.42. The van der Waals surface area contributed by atoms with Crippen LogP contribution in [-0.4, -0.2) is 26.4 Å². The maximum absolute atomic E-state index is 11.4. The fraction of sp³-hybridized carbons (Fsp3) is 0.267. The van der Waals surface area contributed by atoms with E-state index in [1.807, 2.05) is 22.8 Å². The number of hydrogen-bond acceptors (Lipinski definition) is 4. The molecule has 0 amide bonds. The first-order chi connectivity index (χ1) is 10.1. The standard InChI is InChI=1S/C15H16N2O3S/c1-2-11-5-3-4-6-12(11)9-17-8-7-13(18)16-15(17)21-10-14(19)20/h3-8H,2,9-10H2,1H3,(H,19,20). The monoisotopic (exact) mass is 304 g/mol. The van der Waals surface area contributed by atoms with E-state index in [1.165, 1.54) is 11.6 Å². The lowest BCUT2D eigenvalue weighted by molar-refractivity contribution is -0.133. The van der Waals surface area contributed by atoms with Crippen LogP contribution in [0.4, 0.5) is 0 Å². The third-order valence-corrected chi connectivity index (χ3v) is 3.99. The zero-order valence-corrected chi connectivity index (χ0v) is 12.5. The second kappa shape index (κ2) is 7.08. The molecule has 0 radical (unpaired) electrons. The molecule has 6 heteroatoms. The first-order valence-electron chi connectivity index (χ1n) is 6.59. The van der Waals surface area contributed by atoms with E-state index in [2.05, 4.69) is 18.0 Å². The van der Waals surface area contributed by atoms with Gasteiger partial charge in [0.2, 0.25) is 0 Å². The lowest BCUT2D eigenvalue weighted by Crippen LogP contribution is -2.15. The maximum atomic E-state index is 11.4. The van der Waals surface area contributed by atoms with Crippen LogP contribution in [0.5, 0.6) is 0 Å². The third-order valence-electron chi connectivity index (χ3n) is 3.01. The van der Waals surface area contributed by atoms with Crippen LogP contribution in [0.25, 0.3) is 0 Å². The van der Waals surface area contributed by atoms with Gasteiger partial charge in [-0.2, -0.15) is 4.98 Å². The summed E-state index contributed by atoms with van der Waals surface area (Å²) in [6.45, 7) is 2.65. The van der Waals surface area contributed by atoms with Gasteiger partial charge in [-0.25, -0.2) is 0 Å². The van der Waals surface area contributed by atoms with Crippen LogP contribution in [0.2, 0.25) is 0 Å². The Morgan fingerprint density at radius 1 is 1.29 bits per heavy atom. The molecule has 1 aromatic heterocycles. The van der Waals surface area contributed by atoms with Gasteiger partial charge in [0.05, 0.1) is 5.75 Å². The highest BCUT2D eigenvalue weighted by molar-refractivity contribution is 7.99. The maximum Gasteiger partial charge on any atom is 0.313 e. The number of carbonyl (C=O) groups is 1. The Morgan fingerprint density at radius 2 is 2.00 bits per heavy atom. The molecule has 0 saturated carbocycles. The van der Waals surface area contributed by atoms with Crippen LogP contribution in [0, 0.1) is 0 Å². The van der Waals surface area contributed by atoms with Crippen LogP contribution in [0.15, 0.2) is 46.5 Å². The summed E-state index contributed by atoms with van der Waals surface area (Å²) in [6, 6.07) is 9.44. The van der Waals surface area contributed by atoms with E-state index >= 15 is 0 Å². The third kappa shape index (κ3) is 4.19. The highest BCUT2D eigenvalue weighted by Gasteiger charge is 2.08. The van der Waals surface area contributed by atoms with Crippen molar-refractivity contribution in [2.45, 2.75) is 25.0 Å². The highest BCUT2D eigenvalue weighted by Crippen LogP contribution is 2.17. The number of benzene rings is 1. The normalized spacial score (nSPS) is 10.5. The fourth-order valence-corrected chi connectivity index (χ4v) is 2.71. The molecule has 2 aromatic rings. The molecule has 0 unspecified atom stereocenters. The summed E-state index contributed by atoms with van der Waals surface area (Å²) in [7, 11) is 0. The Labute approximate surface area is 126 Å². The molecule has 5 nitrogen and oxygen atoms in total. The van der Waals surface area contributed by atoms with E-state index in [1.54, 1.807) is 6.20 Å². The van der Waals surface area contributed by atoms with Crippen LogP contribution in [0.1, 0.15) is 18.1 Å². The van der Waals surface area contributed by atoms with Crippen LogP contribution >= 0.6 is 11.8 Å². The second-order valence-electron chi connectivity index (χ2n) is 4.48. The summed E-state index contributed by atoms with van der Waals surface area (Å²) in [5.41, 5.74) is 2.01. The van der Waals surface area contributed by atoms with Gasteiger partial charge in [0.1, 0.15) is 0 Å². The Kier molecular flexibility index (Phi) is 5.16. The van der Waals surface area contributed by atoms with Gasteiger partial charge < -0.3 is 9.67 Å². The quantitative estimate of drug-likeness (QED) is 0.653. The number of aromatic nitrogens is 2. The summed E-state index contributed by atoms with van der Waals surface area (Å²) in [4.78, 5) is 26.0. The topological polar surface area (TPSA) is 72.2 Å². The minimum absolute atomic E-state index is 0.119. The lowest BCUT2D eigenvalue weighted by Gasteiger charge is -2.13. The number of carboxylic acid groups (broad SMARTS) is 1. The summed E-state index contributed by atoms with van der Waals surface area (Å²) < 4.78 is 1.81. The van der Waals surface area contributed by atoms with E-state index in [-0.39, 0.29) is 11.3 Å². The Balaban J connectivity index is 2.30. The van der Waals surface area contributed by atoms with Gasteiger partial charge in [-0.05, 0) is 17.5 Å². The smallest absolute Gasteiger partial charge is 0.313 e. The number of hydrogen-bond donors (Lipinski definition) is 1. The van der Waals surface area contributed by atoms with Gasteiger partial charge >= 0.3 is 5.97 Å². The summed E-state index contributed by atoms with van der Waals surface area (Å²) >= 11 is 1.05. The van der Waals surface area contributed by atoms with Gasteiger partial charge in [-0.1, -0.05) is 43.0 Å². The van der Waals surface area contributed by atoms with Crippen LogP contribution in [0.3, 0.4) is 0 Å².